The quantitative estimate of drug-likeness (QED) is 0.851. The van der Waals surface area contributed by atoms with Crippen LogP contribution in [-0.2, 0) is 21.3 Å². The number of furan rings is 1. The zero-order chi connectivity index (χ0) is 18.0. The van der Waals surface area contributed by atoms with Gasteiger partial charge >= 0.3 is 0 Å². The third-order valence-corrected chi connectivity index (χ3v) is 7.36. The predicted molar refractivity (Wildman–Crippen MR) is 93.2 cm³/mol. The van der Waals surface area contributed by atoms with Crippen molar-refractivity contribution in [3.63, 3.8) is 0 Å². The van der Waals surface area contributed by atoms with Crippen LogP contribution in [-0.4, -0.2) is 44.9 Å². The second kappa shape index (κ2) is 7.28. The average Bonchev–Trinajstić information content (AvgIpc) is 3.20. The van der Waals surface area contributed by atoms with Crippen LogP contribution >= 0.6 is 11.3 Å². The molecule has 136 valence electrons. The van der Waals surface area contributed by atoms with E-state index in [0.29, 0.717) is 43.4 Å². The molecule has 0 bridgehead atoms. The van der Waals surface area contributed by atoms with Gasteiger partial charge in [-0.15, -0.1) is 11.3 Å². The molecule has 25 heavy (non-hydrogen) atoms. The number of nitrogens with one attached hydrogen (secondary N) is 1. The van der Waals surface area contributed by atoms with Crippen molar-refractivity contribution in [3.05, 3.63) is 40.2 Å². The molecular weight excluding hydrogens is 364 g/mol. The van der Waals surface area contributed by atoms with E-state index in [1.54, 1.807) is 32.0 Å². The molecule has 0 atom stereocenters. The molecule has 0 spiro atoms. The Morgan fingerprint density at radius 2 is 2.00 bits per heavy atom. The van der Waals surface area contributed by atoms with E-state index in [1.807, 2.05) is 0 Å². The number of carbonyl (C=O) groups excluding carboxylic acids is 1. The maximum absolute atomic E-state index is 12.6. The van der Waals surface area contributed by atoms with E-state index in [1.165, 1.54) is 15.6 Å². The van der Waals surface area contributed by atoms with E-state index < -0.39 is 10.0 Å². The standard InChI is InChI=1S/C16H20N2O5S2/c1-11-9-14(12(2)23-11)16(19)17-10-13-3-4-15(24-13)25(20,21)18-5-7-22-8-6-18/h3-4,9H,5-8,10H2,1-2H3,(H,17,19). The van der Waals surface area contributed by atoms with Gasteiger partial charge in [0.1, 0.15) is 15.7 Å². The highest BCUT2D eigenvalue weighted by molar-refractivity contribution is 7.91. The maximum Gasteiger partial charge on any atom is 0.255 e. The summed E-state index contributed by atoms with van der Waals surface area (Å²) in [6.07, 6.45) is 0. The van der Waals surface area contributed by atoms with Gasteiger partial charge in [-0.3, -0.25) is 4.79 Å². The third kappa shape index (κ3) is 3.95. The van der Waals surface area contributed by atoms with Crippen LogP contribution in [0.4, 0.5) is 0 Å². The van der Waals surface area contributed by atoms with Crippen molar-refractivity contribution in [3.8, 4) is 0 Å². The highest BCUT2D eigenvalue weighted by Gasteiger charge is 2.27. The van der Waals surface area contributed by atoms with Crippen molar-refractivity contribution in [2.24, 2.45) is 0 Å². The lowest BCUT2D eigenvalue weighted by Gasteiger charge is -2.25. The molecule has 1 aliphatic heterocycles. The molecule has 3 rings (SSSR count). The smallest absolute Gasteiger partial charge is 0.255 e. The molecule has 0 aromatic carbocycles. The first-order valence-corrected chi connectivity index (χ1v) is 10.2. The van der Waals surface area contributed by atoms with Gasteiger partial charge in [0.15, 0.2) is 0 Å². The largest absolute Gasteiger partial charge is 0.466 e. The molecule has 1 aliphatic rings. The van der Waals surface area contributed by atoms with E-state index in [9.17, 15) is 13.2 Å². The molecule has 1 amide bonds. The first kappa shape index (κ1) is 18.1. The van der Waals surface area contributed by atoms with Crippen molar-refractivity contribution < 1.29 is 22.4 Å². The van der Waals surface area contributed by atoms with E-state index >= 15 is 0 Å². The SMILES string of the molecule is Cc1cc(C(=O)NCc2ccc(S(=O)(=O)N3CCOCC3)s2)c(C)o1. The number of ether oxygens (including phenoxy) is 1. The molecule has 1 saturated heterocycles. The number of hydrogen-bond acceptors (Lipinski definition) is 6. The first-order chi connectivity index (χ1) is 11.9. The molecule has 7 nitrogen and oxygen atoms in total. The van der Waals surface area contributed by atoms with Crippen LogP contribution in [0, 0.1) is 13.8 Å². The van der Waals surface area contributed by atoms with Crippen molar-refractivity contribution in [2.75, 3.05) is 26.3 Å². The number of amides is 1. The van der Waals surface area contributed by atoms with Crippen molar-refractivity contribution in [1.29, 1.82) is 0 Å². The molecular formula is C16H20N2O5S2. The fraction of sp³-hybridized carbons (Fsp3) is 0.438. The Hall–Kier alpha value is -1.68. The van der Waals surface area contributed by atoms with E-state index in [2.05, 4.69) is 5.32 Å². The molecule has 0 unspecified atom stereocenters. The van der Waals surface area contributed by atoms with E-state index in [-0.39, 0.29) is 16.7 Å². The summed E-state index contributed by atoms with van der Waals surface area (Å²) in [7, 11) is -3.49. The molecule has 1 N–H and O–H groups in total. The fourth-order valence-electron chi connectivity index (χ4n) is 2.62. The van der Waals surface area contributed by atoms with E-state index in [0.717, 1.165) is 4.88 Å². The van der Waals surface area contributed by atoms with Crippen molar-refractivity contribution >= 4 is 27.3 Å². The molecule has 0 radical (unpaired) electrons. The van der Waals surface area contributed by atoms with Gasteiger partial charge in [-0.1, -0.05) is 0 Å². The highest BCUT2D eigenvalue weighted by Crippen LogP contribution is 2.25. The van der Waals surface area contributed by atoms with E-state index in [4.69, 9.17) is 9.15 Å². The minimum Gasteiger partial charge on any atom is -0.466 e. The number of sulfonamides is 1. The lowest BCUT2D eigenvalue weighted by Crippen LogP contribution is -2.40. The second-order valence-corrected chi connectivity index (χ2v) is 9.08. The van der Waals surface area contributed by atoms with Gasteiger partial charge in [-0.05, 0) is 32.0 Å². The lowest BCUT2D eigenvalue weighted by atomic mass is 10.2. The Kier molecular flexibility index (Phi) is 5.28. The van der Waals surface area contributed by atoms with Crippen molar-refractivity contribution in [2.45, 2.75) is 24.6 Å². The Labute approximate surface area is 150 Å². The van der Waals surface area contributed by atoms with Crippen LogP contribution in [0.25, 0.3) is 0 Å². The summed E-state index contributed by atoms with van der Waals surface area (Å²) in [4.78, 5) is 13.0. The van der Waals surface area contributed by atoms with Gasteiger partial charge in [0.05, 0.1) is 25.3 Å². The second-order valence-electron chi connectivity index (χ2n) is 5.75. The summed E-state index contributed by atoms with van der Waals surface area (Å²) in [5, 5.41) is 2.80. The topological polar surface area (TPSA) is 88.9 Å². The zero-order valence-electron chi connectivity index (χ0n) is 14.1. The van der Waals surface area contributed by atoms with Gasteiger partial charge in [-0.2, -0.15) is 4.31 Å². The number of carbonyl (C=O) groups is 1. The molecule has 2 aromatic rings. The van der Waals surface area contributed by atoms with Crippen LogP contribution in [0.5, 0.6) is 0 Å². The Balaban J connectivity index is 1.65. The molecule has 2 aromatic heterocycles. The van der Waals surface area contributed by atoms with Crippen LogP contribution in [0.1, 0.15) is 26.8 Å². The molecule has 1 fully saturated rings. The fourth-order valence-corrected chi connectivity index (χ4v) is 5.48. The summed E-state index contributed by atoms with van der Waals surface area (Å²) in [5.74, 6) is 1.01. The van der Waals surface area contributed by atoms with Crippen LogP contribution in [0.15, 0.2) is 26.8 Å². The van der Waals surface area contributed by atoms with Crippen LogP contribution in [0.3, 0.4) is 0 Å². The Morgan fingerprint density at radius 3 is 2.64 bits per heavy atom. The Bertz CT molecular complexity index is 863. The monoisotopic (exact) mass is 384 g/mol. The number of thiophene rings is 1. The number of hydrogen-bond donors (Lipinski definition) is 1. The minimum atomic E-state index is -3.49. The minimum absolute atomic E-state index is 0.236. The van der Waals surface area contributed by atoms with Gasteiger partial charge in [0, 0.05) is 18.0 Å². The zero-order valence-corrected chi connectivity index (χ0v) is 15.7. The van der Waals surface area contributed by atoms with Gasteiger partial charge < -0.3 is 14.5 Å². The number of nitrogens with zero attached hydrogens (tertiary/aromatic N) is 1. The van der Waals surface area contributed by atoms with Gasteiger partial charge in [-0.25, -0.2) is 8.42 Å². The molecule has 3 heterocycles. The normalized spacial score (nSPS) is 16.1. The Morgan fingerprint density at radius 1 is 1.28 bits per heavy atom. The number of morpholine rings is 1. The lowest BCUT2D eigenvalue weighted by molar-refractivity contribution is 0.0731. The molecule has 0 aliphatic carbocycles. The maximum atomic E-state index is 12.6. The van der Waals surface area contributed by atoms with Crippen molar-refractivity contribution in [1.82, 2.24) is 9.62 Å². The predicted octanol–water partition coefficient (Wildman–Crippen LogP) is 1.91. The number of rotatable bonds is 5. The van der Waals surface area contributed by atoms with Crippen LogP contribution < -0.4 is 5.32 Å². The summed E-state index contributed by atoms with van der Waals surface area (Å²) in [6, 6.07) is 5.00. The summed E-state index contributed by atoms with van der Waals surface area (Å²) < 4.78 is 37.4. The number of aryl methyl sites for hydroxylation is 2. The third-order valence-electron chi connectivity index (χ3n) is 3.91. The highest BCUT2D eigenvalue weighted by atomic mass is 32.2. The average molecular weight is 384 g/mol. The first-order valence-electron chi connectivity index (χ1n) is 7.90. The van der Waals surface area contributed by atoms with Crippen LogP contribution in [0.2, 0.25) is 0 Å². The van der Waals surface area contributed by atoms with Gasteiger partial charge in [0.2, 0.25) is 0 Å². The summed E-state index contributed by atoms with van der Waals surface area (Å²) >= 11 is 1.17. The summed E-state index contributed by atoms with van der Waals surface area (Å²) in [5.41, 5.74) is 0.496. The van der Waals surface area contributed by atoms with Gasteiger partial charge in [0.25, 0.3) is 15.9 Å². The molecule has 9 heteroatoms. The summed E-state index contributed by atoms with van der Waals surface area (Å²) in [6.45, 7) is 5.35. The molecule has 0 saturated carbocycles.